The molecule has 0 aromatic carbocycles. The first-order chi connectivity index (χ1) is 10.4. The lowest BCUT2D eigenvalue weighted by Crippen LogP contribution is -2.42. The molecule has 22 heavy (non-hydrogen) atoms. The Balaban J connectivity index is 1.73. The van der Waals surface area contributed by atoms with Gasteiger partial charge in [-0.3, -0.25) is 0 Å². The molecule has 2 amide bonds. The third-order valence-corrected chi connectivity index (χ3v) is 3.99. The minimum Gasteiger partial charge on any atom is -0.377 e. The summed E-state index contributed by atoms with van der Waals surface area (Å²) in [6.45, 7) is 10.3. The largest absolute Gasteiger partial charge is 0.377 e. The molecule has 2 rings (SSSR count). The number of ether oxygens (including phenoxy) is 1. The minimum absolute atomic E-state index is 0.0930. The maximum atomic E-state index is 11.9. The summed E-state index contributed by atoms with van der Waals surface area (Å²) in [6.07, 6.45) is 2.00. The van der Waals surface area contributed by atoms with Gasteiger partial charge >= 0.3 is 6.03 Å². The molecular formula is C16H27N3O3. The number of aryl methyl sites for hydroxylation is 1. The van der Waals surface area contributed by atoms with E-state index in [-0.39, 0.29) is 17.6 Å². The van der Waals surface area contributed by atoms with E-state index in [9.17, 15) is 4.79 Å². The molecule has 1 aliphatic heterocycles. The Bertz CT molecular complexity index is 493. The van der Waals surface area contributed by atoms with Gasteiger partial charge in [-0.05, 0) is 18.3 Å². The number of carbonyl (C=O) groups is 1. The maximum Gasteiger partial charge on any atom is 0.315 e. The Kier molecular flexibility index (Phi) is 5.45. The SMILES string of the molecule is CCc1cc(CNC(=O)NCC2CCOC2C(C)(C)C)on1. The van der Waals surface area contributed by atoms with Crippen LogP contribution in [0.15, 0.2) is 10.6 Å². The third-order valence-electron chi connectivity index (χ3n) is 3.99. The van der Waals surface area contributed by atoms with E-state index >= 15 is 0 Å². The summed E-state index contributed by atoms with van der Waals surface area (Å²) in [6, 6.07) is 1.68. The highest BCUT2D eigenvalue weighted by atomic mass is 16.5. The van der Waals surface area contributed by atoms with E-state index in [1.807, 2.05) is 13.0 Å². The van der Waals surface area contributed by atoms with Gasteiger partial charge in [-0.1, -0.05) is 32.9 Å². The van der Waals surface area contributed by atoms with Crippen molar-refractivity contribution in [1.82, 2.24) is 15.8 Å². The minimum atomic E-state index is -0.186. The molecule has 0 spiro atoms. The van der Waals surface area contributed by atoms with Crippen molar-refractivity contribution in [3.05, 3.63) is 17.5 Å². The number of hydrogen-bond acceptors (Lipinski definition) is 4. The molecule has 6 nitrogen and oxygen atoms in total. The Morgan fingerprint density at radius 1 is 1.41 bits per heavy atom. The van der Waals surface area contributed by atoms with Gasteiger partial charge in [0.05, 0.1) is 18.3 Å². The summed E-state index contributed by atoms with van der Waals surface area (Å²) in [5.74, 6) is 1.03. The van der Waals surface area contributed by atoms with Crippen molar-refractivity contribution in [2.75, 3.05) is 13.2 Å². The van der Waals surface area contributed by atoms with Gasteiger partial charge in [-0.2, -0.15) is 0 Å². The second-order valence-electron chi connectivity index (χ2n) is 6.91. The fraction of sp³-hybridized carbons (Fsp3) is 0.750. The molecule has 2 atom stereocenters. The molecule has 0 aliphatic carbocycles. The fourth-order valence-electron chi connectivity index (χ4n) is 2.86. The average molecular weight is 309 g/mol. The Labute approximate surface area is 132 Å². The lowest BCUT2D eigenvalue weighted by Gasteiger charge is -2.31. The van der Waals surface area contributed by atoms with E-state index in [2.05, 4.69) is 36.6 Å². The maximum absolute atomic E-state index is 11.9. The fourth-order valence-corrected chi connectivity index (χ4v) is 2.86. The number of urea groups is 1. The monoisotopic (exact) mass is 309 g/mol. The second kappa shape index (κ2) is 7.13. The molecular weight excluding hydrogens is 282 g/mol. The first kappa shape index (κ1) is 16.8. The molecule has 1 aromatic heterocycles. The van der Waals surface area contributed by atoms with Crippen LogP contribution in [-0.4, -0.2) is 30.4 Å². The normalized spacial score (nSPS) is 21.8. The zero-order valence-corrected chi connectivity index (χ0v) is 13.9. The first-order valence-electron chi connectivity index (χ1n) is 7.98. The molecule has 2 heterocycles. The van der Waals surface area contributed by atoms with Gasteiger partial charge in [0.25, 0.3) is 0 Å². The number of nitrogens with one attached hydrogen (secondary N) is 2. The molecule has 1 saturated heterocycles. The van der Waals surface area contributed by atoms with E-state index in [1.54, 1.807) is 0 Å². The van der Waals surface area contributed by atoms with Crippen molar-refractivity contribution >= 4 is 6.03 Å². The van der Waals surface area contributed by atoms with Crippen molar-refractivity contribution in [2.24, 2.45) is 11.3 Å². The van der Waals surface area contributed by atoms with Crippen LogP contribution in [0.3, 0.4) is 0 Å². The number of aromatic nitrogens is 1. The number of hydrogen-bond donors (Lipinski definition) is 2. The van der Waals surface area contributed by atoms with Crippen LogP contribution in [0, 0.1) is 11.3 Å². The van der Waals surface area contributed by atoms with Crippen LogP contribution in [0.5, 0.6) is 0 Å². The van der Waals surface area contributed by atoms with Crippen LogP contribution >= 0.6 is 0 Å². The number of carbonyl (C=O) groups excluding carboxylic acids is 1. The summed E-state index contributed by atoms with van der Waals surface area (Å²) in [5, 5.41) is 9.61. The van der Waals surface area contributed by atoms with Crippen LogP contribution in [0.4, 0.5) is 4.79 Å². The highest BCUT2D eigenvalue weighted by Crippen LogP contribution is 2.34. The van der Waals surface area contributed by atoms with E-state index < -0.39 is 0 Å². The van der Waals surface area contributed by atoms with Crippen LogP contribution in [0.1, 0.15) is 45.6 Å². The highest BCUT2D eigenvalue weighted by molar-refractivity contribution is 5.73. The topological polar surface area (TPSA) is 76.4 Å². The molecule has 0 radical (unpaired) electrons. The smallest absolute Gasteiger partial charge is 0.315 e. The summed E-state index contributed by atoms with van der Waals surface area (Å²) in [5.41, 5.74) is 0.990. The van der Waals surface area contributed by atoms with E-state index in [4.69, 9.17) is 9.26 Å². The molecule has 1 aromatic rings. The quantitative estimate of drug-likeness (QED) is 0.876. The molecule has 0 bridgehead atoms. The van der Waals surface area contributed by atoms with E-state index in [1.165, 1.54) is 0 Å². The second-order valence-corrected chi connectivity index (χ2v) is 6.91. The third kappa shape index (κ3) is 4.47. The molecule has 1 aliphatic rings. The predicted molar refractivity (Wildman–Crippen MR) is 83.4 cm³/mol. The average Bonchev–Trinajstić information content (AvgIpc) is 3.10. The van der Waals surface area contributed by atoms with Crippen molar-refractivity contribution in [3.8, 4) is 0 Å². The van der Waals surface area contributed by atoms with Crippen molar-refractivity contribution in [3.63, 3.8) is 0 Å². The zero-order chi connectivity index (χ0) is 16.2. The molecule has 124 valence electrons. The summed E-state index contributed by atoms with van der Waals surface area (Å²) >= 11 is 0. The van der Waals surface area contributed by atoms with Gasteiger partial charge in [0.2, 0.25) is 0 Å². The lowest BCUT2D eigenvalue weighted by atomic mass is 9.81. The molecule has 1 fully saturated rings. The van der Waals surface area contributed by atoms with Gasteiger partial charge in [0, 0.05) is 25.1 Å². The van der Waals surface area contributed by atoms with Crippen LogP contribution in [-0.2, 0) is 17.7 Å². The number of nitrogens with zero attached hydrogens (tertiary/aromatic N) is 1. The summed E-state index contributed by atoms with van der Waals surface area (Å²) < 4.78 is 10.9. The molecule has 6 heteroatoms. The van der Waals surface area contributed by atoms with Crippen LogP contribution < -0.4 is 10.6 Å². The van der Waals surface area contributed by atoms with E-state index in [0.29, 0.717) is 24.8 Å². The Hall–Kier alpha value is -1.56. The standard InChI is InChI=1S/C16H27N3O3/c1-5-12-8-13(22-19-12)10-18-15(20)17-9-11-6-7-21-14(11)16(2,3)4/h8,11,14H,5-7,9-10H2,1-4H3,(H2,17,18,20). The zero-order valence-electron chi connectivity index (χ0n) is 13.9. The van der Waals surface area contributed by atoms with Crippen LogP contribution in [0.25, 0.3) is 0 Å². The highest BCUT2D eigenvalue weighted by Gasteiger charge is 2.37. The van der Waals surface area contributed by atoms with Crippen molar-refractivity contribution < 1.29 is 14.1 Å². The van der Waals surface area contributed by atoms with Gasteiger partial charge in [-0.25, -0.2) is 4.79 Å². The molecule has 2 unspecified atom stereocenters. The van der Waals surface area contributed by atoms with Gasteiger partial charge in [0.1, 0.15) is 0 Å². The molecule has 2 N–H and O–H groups in total. The Morgan fingerprint density at radius 2 is 2.18 bits per heavy atom. The summed E-state index contributed by atoms with van der Waals surface area (Å²) in [4.78, 5) is 11.9. The van der Waals surface area contributed by atoms with E-state index in [0.717, 1.165) is 25.1 Å². The van der Waals surface area contributed by atoms with Gasteiger partial charge in [-0.15, -0.1) is 0 Å². The predicted octanol–water partition coefficient (Wildman–Crippen LogP) is 2.49. The molecule has 0 saturated carbocycles. The van der Waals surface area contributed by atoms with Crippen molar-refractivity contribution in [2.45, 2.75) is 53.2 Å². The lowest BCUT2D eigenvalue weighted by molar-refractivity contribution is 0.00774. The Morgan fingerprint density at radius 3 is 2.82 bits per heavy atom. The number of rotatable bonds is 5. The van der Waals surface area contributed by atoms with Crippen molar-refractivity contribution in [1.29, 1.82) is 0 Å². The summed E-state index contributed by atoms with van der Waals surface area (Å²) in [7, 11) is 0. The van der Waals surface area contributed by atoms with Crippen LogP contribution in [0.2, 0.25) is 0 Å². The van der Waals surface area contributed by atoms with Gasteiger partial charge in [0.15, 0.2) is 5.76 Å². The van der Waals surface area contributed by atoms with Gasteiger partial charge < -0.3 is 19.9 Å². The first-order valence-corrected chi connectivity index (χ1v) is 7.98. The number of amides is 2.